The summed E-state index contributed by atoms with van der Waals surface area (Å²) in [5, 5.41) is 5.21. The highest BCUT2D eigenvalue weighted by Crippen LogP contribution is 2.23. The Kier molecular flexibility index (Phi) is 3.79. The van der Waals surface area contributed by atoms with Crippen molar-refractivity contribution in [2.24, 2.45) is 0 Å². The molecule has 1 aromatic rings. The number of ether oxygens (including phenoxy) is 1. The van der Waals surface area contributed by atoms with Crippen LogP contribution in [0.15, 0.2) is 18.2 Å². The molecule has 0 atom stereocenters. The van der Waals surface area contributed by atoms with Crippen LogP contribution in [0.25, 0.3) is 0 Å². The Morgan fingerprint density at radius 3 is 2.95 bits per heavy atom. The number of carbonyl (C=O) groups is 3. The molecule has 0 saturated carbocycles. The fraction of sp³-hybridized carbons (Fsp3) is 0.308. The van der Waals surface area contributed by atoms with E-state index in [2.05, 4.69) is 15.4 Å². The van der Waals surface area contributed by atoms with Gasteiger partial charge in [-0.25, -0.2) is 4.79 Å². The summed E-state index contributed by atoms with van der Waals surface area (Å²) in [6.45, 7) is 0.341. The fourth-order valence-corrected chi connectivity index (χ4v) is 1.92. The average molecular weight is 262 g/mol. The van der Waals surface area contributed by atoms with E-state index < -0.39 is 11.9 Å². The van der Waals surface area contributed by atoms with Gasteiger partial charge in [0.25, 0.3) is 0 Å². The van der Waals surface area contributed by atoms with E-state index in [0.29, 0.717) is 19.4 Å². The number of carbonyl (C=O) groups excluding carboxylic acids is 3. The molecule has 0 radical (unpaired) electrons. The molecule has 1 heterocycles. The fourth-order valence-electron chi connectivity index (χ4n) is 1.92. The number of nitrogens with one attached hydrogen (secondary N) is 2. The van der Waals surface area contributed by atoms with Crippen molar-refractivity contribution >= 4 is 23.5 Å². The summed E-state index contributed by atoms with van der Waals surface area (Å²) < 4.78 is 4.29. The van der Waals surface area contributed by atoms with Crippen molar-refractivity contribution < 1.29 is 19.1 Å². The van der Waals surface area contributed by atoms with Gasteiger partial charge in [0.2, 0.25) is 5.91 Å². The molecule has 1 aliphatic heterocycles. The molecule has 0 fully saturated rings. The van der Waals surface area contributed by atoms with Crippen LogP contribution >= 0.6 is 0 Å². The van der Waals surface area contributed by atoms with Crippen molar-refractivity contribution in [2.75, 3.05) is 19.0 Å². The van der Waals surface area contributed by atoms with Crippen molar-refractivity contribution in [3.63, 3.8) is 0 Å². The molecule has 2 amide bonds. The van der Waals surface area contributed by atoms with Crippen LogP contribution in [0.4, 0.5) is 5.69 Å². The van der Waals surface area contributed by atoms with Crippen LogP contribution in [0.3, 0.4) is 0 Å². The third kappa shape index (κ3) is 3.09. The lowest BCUT2D eigenvalue weighted by atomic mass is 10.1. The first-order chi connectivity index (χ1) is 9.10. The van der Waals surface area contributed by atoms with E-state index in [1.165, 1.54) is 0 Å². The molecule has 100 valence electrons. The third-order valence-electron chi connectivity index (χ3n) is 2.86. The van der Waals surface area contributed by atoms with E-state index in [1.807, 2.05) is 18.2 Å². The Morgan fingerprint density at radius 2 is 2.21 bits per heavy atom. The molecule has 0 saturated heterocycles. The predicted molar refractivity (Wildman–Crippen MR) is 67.5 cm³/mol. The minimum Gasteiger partial charge on any atom is -0.462 e. The molecular weight excluding hydrogens is 248 g/mol. The first kappa shape index (κ1) is 13.1. The molecule has 1 aromatic carbocycles. The van der Waals surface area contributed by atoms with Gasteiger partial charge in [-0.1, -0.05) is 12.1 Å². The Balaban J connectivity index is 1.88. The smallest absolute Gasteiger partial charge is 0.396 e. The lowest BCUT2D eigenvalue weighted by molar-refractivity contribution is -0.152. The third-order valence-corrected chi connectivity index (χ3v) is 2.86. The highest BCUT2D eigenvalue weighted by Gasteiger charge is 2.17. The van der Waals surface area contributed by atoms with Gasteiger partial charge in [-0.15, -0.1) is 0 Å². The normalized spacial score (nSPS) is 12.6. The van der Waals surface area contributed by atoms with Crippen LogP contribution in [0, 0.1) is 0 Å². The summed E-state index contributed by atoms with van der Waals surface area (Å²) >= 11 is 0. The van der Waals surface area contributed by atoms with E-state index in [9.17, 15) is 14.4 Å². The molecule has 1 aliphatic rings. The van der Waals surface area contributed by atoms with Crippen molar-refractivity contribution in [3.8, 4) is 0 Å². The zero-order chi connectivity index (χ0) is 13.8. The second-order valence-corrected chi connectivity index (χ2v) is 4.21. The maximum Gasteiger partial charge on any atom is 0.396 e. The SMILES string of the molecule is COC(=O)C(=O)NCCc1ccc2c(c1)CC(=O)N2. The predicted octanol–water partition coefficient (Wildman–Crippen LogP) is 0.0129. The van der Waals surface area contributed by atoms with E-state index in [0.717, 1.165) is 23.9 Å². The van der Waals surface area contributed by atoms with Crippen LogP contribution in [0.2, 0.25) is 0 Å². The van der Waals surface area contributed by atoms with Crippen LogP contribution < -0.4 is 10.6 Å². The van der Waals surface area contributed by atoms with E-state index in [-0.39, 0.29) is 5.91 Å². The number of anilines is 1. The zero-order valence-corrected chi connectivity index (χ0v) is 10.5. The number of fused-ring (bicyclic) bond motifs is 1. The lowest BCUT2D eigenvalue weighted by Gasteiger charge is -2.05. The van der Waals surface area contributed by atoms with Crippen LogP contribution in [-0.2, 0) is 32.0 Å². The minimum atomic E-state index is -0.899. The van der Waals surface area contributed by atoms with Crippen molar-refractivity contribution in [1.82, 2.24) is 5.32 Å². The molecule has 2 N–H and O–H groups in total. The maximum atomic E-state index is 11.2. The molecule has 0 bridgehead atoms. The molecule has 0 aliphatic carbocycles. The van der Waals surface area contributed by atoms with Gasteiger partial charge in [-0.05, 0) is 23.6 Å². The van der Waals surface area contributed by atoms with E-state index >= 15 is 0 Å². The lowest BCUT2D eigenvalue weighted by Crippen LogP contribution is -2.33. The topological polar surface area (TPSA) is 84.5 Å². The standard InChI is InChI=1S/C13H14N2O4/c1-19-13(18)12(17)14-5-4-8-2-3-10-9(6-8)7-11(16)15-10/h2-3,6H,4-5,7H2,1H3,(H,14,17)(H,15,16). The van der Waals surface area contributed by atoms with Crippen LogP contribution in [0.1, 0.15) is 11.1 Å². The highest BCUT2D eigenvalue weighted by molar-refractivity contribution is 6.32. The monoisotopic (exact) mass is 262 g/mol. The zero-order valence-electron chi connectivity index (χ0n) is 10.5. The van der Waals surface area contributed by atoms with E-state index in [4.69, 9.17) is 0 Å². The van der Waals surface area contributed by atoms with Gasteiger partial charge < -0.3 is 15.4 Å². The summed E-state index contributed by atoms with van der Waals surface area (Å²) in [6.07, 6.45) is 0.974. The summed E-state index contributed by atoms with van der Waals surface area (Å²) in [4.78, 5) is 33.2. The number of hydrogen-bond acceptors (Lipinski definition) is 4. The Labute approximate surface area is 110 Å². The average Bonchev–Trinajstić information content (AvgIpc) is 2.77. The quantitative estimate of drug-likeness (QED) is 0.594. The number of hydrogen-bond donors (Lipinski definition) is 2. The molecule has 0 unspecified atom stereocenters. The van der Waals surface area contributed by atoms with Gasteiger partial charge in [-0.2, -0.15) is 0 Å². The molecular formula is C13H14N2O4. The molecule has 0 aromatic heterocycles. The Hall–Kier alpha value is -2.37. The largest absolute Gasteiger partial charge is 0.462 e. The molecule has 6 heteroatoms. The second kappa shape index (κ2) is 5.51. The maximum absolute atomic E-state index is 11.2. The molecule has 0 spiro atoms. The van der Waals surface area contributed by atoms with Gasteiger partial charge in [-0.3, -0.25) is 9.59 Å². The molecule has 6 nitrogen and oxygen atoms in total. The van der Waals surface area contributed by atoms with Gasteiger partial charge in [0.15, 0.2) is 0 Å². The van der Waals surface area contributed by atoms with Crippen molar-refractivity contribution in [1.29, 1.82) is 0 Å². The first-order valence-electron chi connectivity index (χ1n) is 5.88. The van der Waals surface area contributed by atoms with Crippen LogP contribution in [0.5, 0.6) is 0 Å². The summed E-state index contributed by atoms with van der Waals surface area (Å²) in [5.74, 6) is -1.66. The van der Waals surface area contributed by atoms with Crippen LogP contribution in [-0.4, -0.2) is 31.4 Å². The number of rotatable bonds is 3. The number of amides is 2. The Bertz CT molecular complexity index is 539. The summed E-state index contributed by atoms with van der Waals surface area (Å²) in [6, 6.07) is 5.66. The van der Waals surface area contributed by atoms with Gasteiger partial charge in [0.05, 0.1) is 13.5 Å². The summed E-state index contributed by atoms with van der Waals surface area (Å²) in [7, 11) is 1.16. The Morgan fingerprint density at radius 1 is 1.42 bits per heavy atom. The second-order valence-electron chi connectivity index (χ2n) is 4.21. The number of methoxy groups -OCH3 is 1. The van der Waals surface area contributed by atoms with E-state index in [1.54, 1.807) is 0 Å². The van der Waals surface area contributed by atoms with Gasteiger partial charge in [0, 0.05) is 12.2 Å². The van der Waals surface area contributed by atoms with Gasteiger partial charge >= 0.3 is 11.9 Å². The first-order valence-corrected chi connectivity index (χ1v) is 5.88. The van der Waals surface area contributed by atoms with Crippen molar-refractivity contribution in [3.05, 3.63) is 29.3 Å². The molecule has 19 heavy (non-hydrogen) atoms. The van der Waals surface area contributed by atoms with Crippen molar-refractivity contribution in [2.45, 2.75) is 12.8 Å². The number of esters is 1. The number of benzene rings is 1. The molecule has 2 rings (SSSR count). The summed E-state index contributed by atoms with van der Waals surface area (Å²) in [5.41, 5.74) is 2.80. The highest BCUT2D eigenvalue weighted by atomic mass is 16.5. The van der Waals surface area contributed by atoms with Gasteiger partial charge in [0.1, 0.15) is 0 Å². The minimum absolute atomic E-state index is 0.00820.